The molecule has 1 N–H and O–H groups in total. The summed E-state index contributed by atoms with van der Waals surface area (Å²) in [5, 5.41) is 3.47. The summed E-state index contributed by atoms with van der Waals surface area (Å²) in [5.41, 5.74) is 1.41. The largest absolute Gasteiger partial charge is 0.317 e. The number of hydrogen-bond acceptors (Lipinski definition) is 2. The van der Waals surface area contributed by atoms with E-state index in [1.54, 1.807) is 0 Å². The van der Waals surface area contributed by atoms with E-state index in [-0.39, 0.29) is 0 Å². The summed E-state index contributed by atoms with van der Waals surface area (Å²) < 4.78 is 1.18. The predicted molar refractivity (Wildman–Crippen MR) is 80.7 cm³/mol. The fourth-order valence-corrected chi connectivity index (χ4v) is 3.04. The van der Waals surface area contributed by atoms with Crippen molar-refractivity contribution in [3.05, 3.63) is 34.3 Å². The van der Waals surface area contributed by atoms with Crippen LogP contribution in [0.1, 0.15) is 25.3 Å². The lowest BCUT2D eigenvalue weighted by Gasteiger charge is -2.32. The Balaban J connectivity index is 1.76. The maximum Gasteiger partial charge on any atom is 0.0234 e. The van der Waals surface area contributed by atoms with Gasteiger partial charge < -0.3 is 5.32 Å². The molecule has 0 unspecified atom stereocenters. The molecule has 1 aliphatic rings. The number of nitrogens with one attached hydrogen (secondary N) is 1. The normalized spacial score (nSPS) is 18.1. The van der Waals surface area contributed by atoms with E-state index in [2.05, 4.69) is 57.3 Å². The Morgan fingerprint density at radius 1 is 1.33 bits per heavy atom. The summed E-state index contributed by atoms with van der Waals surface area (Å²) in [6.07, 6.45) is 2.67. The van der Waals surface area contributed by atoms with Gasteiger partial charge in [-0.3, -0.25) is 4.90 Å². The molecule has 2 nitrogen and oxygen atoms in total. The molecule has 1 aromatic rings. The third-order valence-corrected chi connectivity index (χ3v) is 4.18. The molecule has 2 rings (SSSR count). The SMILES string of the molecule is CCNCC1CCN(Cc2cccc(Br)c2)CC1. The minimum Gasteiger partial charge on any atom is -0.317 e. The maximum absolute atomic E-state index is 3.54. The summed E-state index contributed by atoms with van der Waals surface area (Å²) in [4.78, 5) is 2.57. The second kappa shape index (κ2) is 7.27. The summed E-state index contributed by atoms with van der Waals surface area (Å²) in [6, 6.07) is 8.66. The van der Waals surface area contributed by atoms with Gasteiger partial charge in [0.2, 0.25) is 0 Å². The molecular formula is C15H23BrN2. The third kappa shape index (κ3) is 4.38. The summed E-state index contributed by atoms with van der Waals surface area (Å²) in [7, 11) is 0. The molecule has 1 heterocycles. The minimum absolute atomic E-state index is 0.878. The molecule has 1 aliphatic heterocycles. The summed E-state index contributed by atoms with van der Waals surface area (Å²) in [6.45, 7) is 8.04. The van der Waals surface area contributed by atoms with Gasteiger partial charge in [0.05, 0.1) is 0 Å². The lowest BCUT2D eigenvalue weighted by Crippen LogP contribution is -2.36. The Hall–Kier alpha value is -0.380. The topological polar surface area (TPSA) is 15.3 Å². The molecule has 0 aromatic heterocycles. The Labute approximate surface area is 119 Å². The molecule has 0 amide bonds. The summed E-state index contributed by atoms with van der Waals surface area (Å²) >= 11 is 3.54. The van der Waals surface area contributed by atoms with E-state index in [1.807, 2.05) is 0 Å². The first-order valence-corrected chi connectivity index (χ1v) is 7.74. The van der Waals surface area contributed by atoms with Gasteiger partial charge in [-0.05, 0) is 62.6 Å². The number of rotatable bonds is 5. The number of piperidine rings is 1. The lowest BCUT2D eigenvalue weighted by molar-refractivity contribution is 0.176. The highest BCUT2D eigenvalue weighted by atomic mass is 79.9. The second-order valence-corrected chi connectivity index (χ2v) is 6.07. The number of likely N-dealkylation sites (tertiary alicyclic amines) is 1. The van der Waals surface area contributed by atoms with Crippen molar-refractivity contribution in [2.75, 3.05) is 26.2 Å². The van der Waals surface area contributed by atoms with Gasteiger partial charge in [-0.15, -0.1) is 0 Å². The zero-order chi connectivity index (χ0) is 12.8. The molecule has 0 spiro atoms. The van der Waals surface area contributed by atoms with E-state index in [4.69, 9.17) is 0 Å². The molecule has 0 aliphatic carbocycles. The van der Waals surface area contributed by atoms with Crippen molar-refractivity contribution < 1.29 is 0 Å². The van der Waals surface area contributed by atoms with Crippen molar-refractivity contribution in [2.24, 2.45) is 5.92 Å². The number of hydrogen-bond donors (Lipinski definition) is 1. The van der Waals surface area contributed by atoms with Crippen LogP contribution in [0, 0.1) is 5.92 Å². The van der Waals surface area contributed by atoms with Crippen molar-refractivity contribution in [2.45, 2.75) is 26.3 Å². The van der Waals surface area contributed by atoms with Gasteiger partial charge in [-0.25, -0.2) is 0 Å². The van der Waals surface area contributed by atoms with E-state index in [1.165, 1.54) is 42.5 Å². The Kier molecular flexibility index (Phi) is 5.67. The van der Waals surface area contributed by atoms with Crippen LogP contribution in [0.3, 0.4) is 0 Å². The molecule has 0 bridgehead atoms. The van der Waals surface area contributed by atoms with Gasteiger partial charge in [0.1, 0.15) is 0 Å². The fraction of sp³-hybridized carbons (Fsp3) is 0.600. The first-order valence-electron chi connectivity index (χ1n) is 6.95. The molecular weight excluding hydrogens is 288 g/mol. The van der Waals surface area contributed by atoms with E-state index in [9.17, 15) is 0 Å². The van der Waals surface area contributed by atoms with Crippen molar-refractivity contribution in [1.82, 2.24) is 10.2 Å². The quantitative estimate of drug-likeness (QED) is 0.898. The number of halogens is 1. The van der Waals surface area contributed by atoms with Crippen molar-refractivity contribution in [3.63, 3.8) is 0 Å². The van der Waals surface area contributed by atoms with Crippen LogP contribution < -0.4 is 5.32 Å². The first kappa shape index (κ1) is 14.0. The van der Waals surface area contributed by atoms with E-state index < -0.39 is 0 Å². The van der Waals surface area contributed by atoms with Crippen molar-refractivity contribution >= 4 is 15.9 Å². The van der Waals surface area contributed by atoms with Crippen LogP contribution in [-0.4, -0.2) is 31.1 Å². The predicted octanol–water partition coefficient (Wildman–Crippen LogP) is 3.27. The molecule has 1 aromatic carbocycles. The average Bonchev–Trinajstić information content (AvgIpc) is 2.38. The van der Waals surface area contributed by atoms with Gasteiger partial charge in [0.15, 0.2) is 0 Å². The Bertz CT molecular complexity index is 359. The van der Waals surface area contributed by atoms with Crippen LogP contribution in [0.25, 0.3) is 0 Å². The molecule has 0 saturated carbocycles. The van der Waals surface area contributed by atoms with E-state index in [0.29, 0.717) is 0 Å². The number of nitrogens with zero attached hydrogens (tertiary/aromatic N) is 1. The zero-order valence-electron chi connectivity index (χ0n) is 11.2. The van der Waals surface area contributed by atoms with Crippen LogP contribution in [0.4, 0.5) is 0 Å². The van der Waals surface area contributed by atoms with Crippen LogP contribution >= 0.6 is 15.9 Å². The molecule has 1 saturated heterocycles. The highest BCUT2D eigenvalue weighted by Crippen LogP contribution is 2.19. The van der Waals surface area contributed by atoms with Crippen molar-refractivity contribution in [1.29, 1.82) is 0 Å². The molecule has 0 atom stereocenters. The fourth-order valence-electron chi connectivity index (χ4n) is 2.59. The average molecular weight is 311 g/mol. The maximum atomic E-state index is 3.54. The highest BCUT2D eigenvalue weighted by molar-refractivity contribution is 9.10. The first-order chi connectivity index (χ1) is 8.78. The smallest absolute Gasteiger partial charge is 0.0234 e. The minimum atomic E-state index is 0.878. The number of benzene rings is 1. The van der Waals surface area contributed by atoms with E-state index >= 15 is 0 Å². The molecule has 0 radical (unpaired) electrons. The van der Waals surface area contributed by atoms with Gasteiger partial charge in [0, 0.05) is 11.0 Å². The van der Waals surface area contributed by atoms with Gasteiger partial charge in [-0.2, -0.15) is 0 Å². The van der Waals surface area contributed by atoms with Gasteiger partial charge in [0.25, 0.3) is 0 Å². The lowest BCUT2D eigenvalue weighted by atomic mass is 9.96. The Morgan fingerprint density at radius 3 is 2.78 bits per heavy atom. The van der Waals surface area contributed by atoms with E-state index in [0.717, 1.165) is 19.0 Å². The zero-order valence-corrected chi connectivity index (χ0v) is 12.7. The molecule has 18 heavy (non-hydrogen) atoms. The standard InChI is InChI=1S/C15H23BrN2/c1-2-17-11-13-6-8-18(9-7-13)12-14-4-3-5-15(16)10-14/h3-5,10,13,17H,2,6-9,11-12H2,1H3. The molecule has 100 valence electrons. The molecule has 1 fully saturated rings. The van der Waals surface area contributed by atoms with Crippen LogP contribution in [0.2, 0.25) is 0 Å². The highest BCUT2D eigenvalue weighted by Gasteiger charge is 2.18. The summed E-state index contributed by atoms with van der Waals surface area (Å²) in [5.74, 6) is 0.878. The Morgan fingerprint density at radius 2 is 2.11 bits per heavy atom. The van der Waals surface area contributed by atoms with Gasteiger partial charge >= 0.3 is 0 Å². The van der Waals surface area contributed by atoms with Crippen LogP contribution in [0.5, 0.6) is 0 Å². The second-order valence-electron chi connectivity index (χ2n) is 5.16. The monoisotopic (exact) mass is 310 g/mol. The van der Waals surface area contributed by atoms with Gasteiger partial charge in [-0.1, -0.05) is 35.0 Å². The van der Waals surface area contributed by atoms with Crippen LogP contribution in [0.15, 0.2) is 28.7 Å². The van der Waals surface area contributed by atoms with Crippen molar-refractivity contribution in [3.8, 4) is 0 Å². The van der Waals surface area contributed by atoms with Crippen LogP contribution in [-0.2, 0) is 6.54 Å². The molecule has 3 heteroatoms. The third-order valence-electron chi connectivity index (χ3n) is 3.69.